The average molecular weight is 494 g/mol. The van der Waals surface area contributed by atoms with Crippen LogP contribution in [-0.4, -0.2) is 68.2 Å². The van der Waals surface area contributed by atoms with E-state index in [-0.39, 0.29) is 11.5 Å². The summed E-state index contributed by atoms with van der Waals surface area (Å²) in [5, 5.41) is 49.1. The van der Waals surface area contributed by atoms with Crippen LogP contribution in [0.25, 0.3) is 0 Å². The van der Waals surface area contributed by atoms with Crippen LogP contribution in [0, 0.1) is 0 Å². The molecule has 2 aliphatic heterocycles. The first-order valence-corrected chi connectivity index (χ1v) is 11.0. The fourth-order valence-electron chi connectivity index (χ4n) is 4.56. The number of aliphatic hydroxyl groups excluding tert-OH is 3. The maximum atomic E-state index is 12.8. The number of hydrogen-bond donors (Lipinski definition) is 5. The Kier molecular flexibility index (Phi) is 5.89. The van der Waals surface area contributed by atoms with Gasteiger partial charge >= 0.3 is 11.9 Å². The van der Waals surface area contributed by atoms with Crippen molar-refractivity contribution in [1.82, 2.24) is 0 Å². The summed E-state index contributed by atoms with van der Waals surface area (Å²) in [7, 11) is 0. The molecule has 0 aliphatic carbocycles. The molecule has 3 aromatic rings. The van der Waals surface area contributed by atoms with E-state index in [2.05, 4.69) is 0 Å². The number of carbonyl (C=O) groups excluding carboxylic acids is 1. The van der Waals surface area contributed by atoms with Gasteiger partial charge in [0.25, 0.3) is 0 Å². The molecule has 10 heteroatoms. The molecular weight excluding hydrogens is 472 g/mol. The smallest absolute Gasteiger partial charge is 0.340 e. The maximum Gasteiger partial charge on any atom is 0.340 e. The number of phenols is 1. The van der Waals surface area contributed by atoms with E-state index >= 15 is 0 Å². The molecule has 0 aromatic heterocycles. The third kappa shape index (κ3) is 3.76. The summed E-state index contributed by atoms with van der Waals surface area (Å²) in [5.41, 5.74) is 0.858. The third-order valence-corrected chi connectivity index (χ3v) is 6.37. The van der Waals surface area contributed by atoms with Crippen LogP contribution in [0.1, 0.15) is 27.0 Å². The monoisotopic (exact) mass is 494 g/mol. The van der Waals surface area contributed by atoms with E-state index in [1.807, 2.05) is 0 Å². The van der Waals surface area contributed by atoms with Gasteiger partial charge in [0.05, 0.1) is 5.56 Å². The molecule has 2 unspecified atom stereocenters. The Morgan fingerprint density at radius 3 is 2.08 bits per heavy atom. The molecule has 2 heterocycles. The van der Waals surface area contributed by atoms with Crippen molar-refractivity contribution < 1.29 is 49.3 Å². The minimum Gasteiger partial charge on any atom is -0.508 e. The van der Waals surface area contributed by atoms with Crippen molar-refractivity contribution in [3.8, 4) is 11.5 Å². The molecule has 1 saturated heterocycles. The largest absolute Gasteiger partial charge is 0.508 e. The third-order valence-electron chi connectivity index (χ3n) is 6.37. The SMILES string of the molecule is O=C1OC(c2ccc(O)cc2)(c2ccc(O[C@@H]3O[C@H](C(=O)O)[C@@H](O)C(O)[C@H]3O)cc2)c2ccccc21. The highest BCUT2D eigenvalue weighted by Crippen LogP contribution is 2.47. The van der Waals surface area contributed by atoms with E-state index < -0.39 is 48.2 Å². The molecule has 0 bridgehead atoms. The van der Waals surface area contributed by atoms with E-state index in [4.69, 9.17) is 14.2 Å². The molecule has 0 spiro atoms. The number of carboxylic acid groups (broad SMARTS) is 1. The van der Waals surface area contributed by atoms with Crippen LogP contribution in [0.5, 0.6) is 11.5 Å². The molecule has 1 fully saturated rings. The molecule has 3 aromatic carbocycles. The van der Waals surface area contributed by atoms with Crippen LogP contribution in [0.3, 0.4) is 0 Å². The Hall–Kier alpha value is -3.96. The lowest BCUT2D eigenvalue weighted by Crippen LogP contribution is -2.61. The molecule has 0 radical (unpaired) electrons. The summed E-state index contributed by atoms with van der Waals surface area (Å²) in [6.45, 7) is 0. The summed E-state index contributed by atoms with van der Waals surface area (Å²) >= 11 is 0. The molecule has 10 nitrogen and oxygen atoms in total. The highest BCUT2D eigenvalue weighted by Gasteiger charge is 2.49. The summed E-state index contributed by atoms with van der Waals surface area (Å²) < 4.78 is 16.7. The quantitative estimate of drug-likeness (QED) is 0.325. The number of esters is 1. The number of rotatable bonds is 5. The van der Waals surface area contributed by atoms with Crippen molar-refractivity contribution in [2.24, 2.45) is 0 Å². The molecular formula is C26H22O10. The highest BCUT2D eigenvalue weighted by atomic mass is 16.7. The molecule has 5 rings (SSSR count). The van der Waals surface area contributed by atoms with Crippen molar-refractivity contribution in [2.45, 2.75) is 36.3 Å². The summed E-state index contributed by atoms with van der Waals surface area (Å²) in [6, 6.07) is 19.5. The van der Waals surface area contributed by atoms with Crippen LogP contribution >= 0.6 is 0 Å². The van der Waals surface area contributed by atoms with Gasteiger partial charge in [-0.1, -0.05) is 42.5 Å². The van der Waals surface area contributed by atoms with Gasteiger partial charge in [0.1, 0.15) is 29.8 Å². The zero-order valence-corrected chi connectivity index (χ0v) is 18.6. The summed E-state index contributed by atoms with van der Waals surface area (Å²) in [6.07, 6.45) is -8.69. The number of phenolic OH excluding ortho intramolecular Hbond substituents is 1. The predicted molar refractivity (Wildman–Crippen MR) is 121 cm³/mol. The molecule has 0 saturated carbocycles. The van der Waals surface area contributed by atoms with Crippen molar-refractivity contribution >= 4 is 11.9 Å². The summed E-state index contributed by atoms with van der Waals surface area (Å²) in [4.78, 5) is 24.1. The second kappa shape index (κ2) is 8.92. The molecule has 0 amide bonds. The van der Waals surface area contributed by atoms with E-state index in [0.717, 1.165) is 0 Å². The Balaban J connectivity index is 1.50. The minimum absolute atomic E-state index is 0.0493. The number of aliphatic carboxylic acids is 1. The van der Waals surface area contributed by atoms with Crippen molar-refractivity contribution in [3.05, 3.63) is 95.1 Å². The van der Waals surface area contributed by atoms with Gasteiger partial charge in [-0.2, -0.15) is 0 Å². The van der Waals surface area contributed by atoms with Crippen molar-refractivity contribution in [2.75, 3.05) is 0 Å². The van der Waals surface area contributed by atoms with Gasteiger partial charge in [-0.05, 0) is 30.3 Å². The Morgan fingerprint density at radius 1 is 0.833 bits per heavy atom. The lowest BCUT2D eigenvalue weighted by atomic mass is 9.80. The Morgan fingerprint density at radius 2 is 1.44 bits per heavy atom. The van der Waals surface area contributed by atoms with Crippen molar-refractivity contribution in [3.63, 3.8) is 0 Å². The first-order chi connectivity index (χ1) is 17.2. The maximum absolute atomic E-state index is 12.8. The van der Waals surface area contributed by atoms with E-state index in [1.165, 1.54) is 24.3 Å². The van der Waals surface area contributed by atoms with Crippen LogP contribution in [-0.2, 0) is 19.9 Å². The lowest BCUT2D eigenvalue weighted by molar-refractivity contribution is -0.271. The van der Waals surface area contributed by atoms with Gasteiger partial charge in [0.15, 0.2) is 11.7 Å². The number of cyclic esters (lactones) is 1. The minimum atomic E-state index is -1.83. The fraction of sp³-hybridized carbons (Fsp3) is 0.231. The van der Waals surface area contributed by atoms with Crippen LogP contribution < -0.4 is 4.74 Å². The normalized spacial score (nSPS) is 29.3. The van der Waals surface area contributed by atoms with Gasteiger partial charge < -0.3 is 39.7 Å². The lowest BCUT2D eigenvalue weighted by Gasteiger charge is -2.38. The number of aromatic hydroxyl groups is 1. The van der Waals surface area contributed by atoms with Gasteiger partial charge in [0.2, 0.25) is 6.29 Å². The van der Waals surface area contributed by atoms with Gasteiger partial charge in [-0.25, -0.2) is 9.59 Å². The van der Waals surface area contributed by atoms with E-state index in [1.54, 1.807) is 48.5 Å². The first kappa shape index (κ1) is 23.8. The summed E-state index contributed by atoms with van der Waals surface area (Å²) in [5.74, 6) is -1.82. The Labute approximate surface area is 204 Å². The van der Waals surface area contributed by atoms with E-state index in [9.17, 15) is 35.1 Å². The number of benzene rings is 3. The zero-order valence-electron chi connectivity index (χ0n) is 18.6. The topological polar surface area (TPSA) is 163 Å². The predicted octanol–water partition coefficient (Wildman–Crippen LogP) is 1.13. The second-order valence-corrected chi connectivity index (χ2v) is 8.54. The number of hydrogen-bond acceptors (Lipinski definition) is 9. The number of carbonyl (C=O) groups is 2. The van der Waals surface area contributed by atoms with Gasteiger partial charge in [-0.3, -0.25) is 0 Å². The first-order valence-electron chi connectivity index (χ1n) is 11.0. The average Bonchev–Trinajstić information content (AvgIpc) is 3.18. The van der Waals surface area contributed by atoms with Gasteiger partial charge in [-0.15, -0.1) is 0 Å². The number of carboxylic acids is 1. The molecule has 6 atom stereocenters. The molecule has 2 aliphatic rings. The molecule has 36 heavy (non-hydrogen) atoms. The van der Waals surface area contributed by atoms with Crippen LogP contribution in [0.4, 0.5) is 0 Å². The van der Waals surface area contributed by atoms with Crippen LogP contribution in [0.2, 0.25) is 0 Å². The zero-order chi connectivity index (χ0) is 25.6. The fourth-order valence-corrected chi connectivity index (χ4v) is 4.56. The molecule has 5 N–H and O–H groups in total. The second-order valence-electron chi connectivity index (χ2n) is 8.54. The van der Waals surface area contributed by atoms with Gasteiger partial charge in [0, 0.05) is 16.7 Å². The standard InChI is InChI=1S/C26H22O10/c27-15-9-5-13(6-10-15)26(18-4-2-1-3-17(18)24(33)36-26)14-7-11-16(12-8-14)34-25-21(30)19(28)20(29)22(35-25)23(31)32/h1-12,19-22,25,27-30H,(H,31,32)/t19?,20-,21+,22-,25+,26?/m0/s1. The number of fused-ring (bicyclic) bond motifs is 1. The number of ether oxygens (including phenoxy) is 3. The van der Waals surface area contributed by atoms with Crippen LogP contribution in [0.15, 0.2) is 72.8 Å². The van der Waals surface area contributed by atoms with E-state index in [0.29, 0.717) is 22.3 Å². The molecule has 186 valence electrons. The Bertz CT molecular complexity index is 1290. The number of aliphatic hydroxyl groups is 3. The highest BCUT2D eigenvalue weighted by molar-refractivity contribution is 5.96. The van der Waals surface area contributed by atoms with Crippen molar-refractivity contribution in [1.29, 1.82) is 0 Å².